The van der Waals surface area contributed by atoms with E-state index < -0.39 is 35.6 Å². The smallest absolute Gasteiger partial charge is 0.408 e. The zero-order valence-electron chi connectivity index (χ0n) is 23.4. The molecule has 8 heteroatoms. The number of benzene rings is 2. The SMILES string of the molecule is C#CN(C(=O)C(CC(C)C)NC(=O)OC(C)(C)C)C(C(=O)Nc1c(C)cccc1Cl)c1cc(C)cc(C)c1. The van der Waals surface area contributed by atoms with Crippen LogP contribution < -0.4 is 10.6 Å². The van der Waals surface area contributed by atoms with Crippen LogP contribution in [-0.2, 0) is 14.3 Å². The van der Waals surface area contributed by atoms with E-state index in [-0.39, 0.29) is 5.92 Å². The largest absolute Gasteiger partial charge is 0.444 e. The summed E-state index contributed by atoms with van der Waals surface area (Å²) in [6.07, 6.45) is 5.43. The van der Waals surface area contributed by atoms with Crippen LogP contribution in [-0.4, -0.2) is 34.5 Å². The van der Waals surface area contributed by atoms with E-state index in [0.717, 1.165) is 21.6 Å². The quantitative estimate of drug-likeness (QED) is 0.304. The number of carbonyl (C=O) groups excluding carboxylic acids is 3. The standard InChI is InChI=1S/C30H38ClN3O4/c1-10-34(28(36)24(14-18(2)3)32-29(37)38-30(7,8)9)26(22-16-19(4)15-20(5)17-22)27(35)33-25-21(6)12-11-13-23(25)31/h1,11-13,15-18,24,26H,14H2,2-9H3,(H,32,37)(H,33,35). The molecular formula is C30H38ClN3O4. The maximum Gasteiger partial charge on any atom is 0.408 e. The van der Waals surface area contributed by atoms with E-state index in [2.05, 4.69) is 16.7 Å². The number of ether oxygens (including phenoxy) is 1. The third-order valence-electron chi connectivity index (χ3n) is 5.61. The molecular weight excluding hydrogens is 502 g/mol. The van der Waals surface area contributed by atoms with Gasteiger partial charge >= 0.3 is 6.09 Å². The summed E-state index contributed by atoms with van der Waals surface area (Å²) in [4.78, 5) is 41.4. The number of para-hydroxylation sites is 1. The Morgan fingerprint density at radius 2 is 1.68 bits per heavy atom. The number of carbonyl (C=O) groups is 3. The van der Waals surface area contributed by atoms with Crippen LogP contribution in [0, 0.1) is 39.2 Å². The van der Waals surface area contributed by atoms with Crippen LogP contribution in [0.25, 0.3) is 0 Å². The number of halogens is 1. The van der Waals surface area contributed by atoms with Crippen molar-refractivity contribution in [2.45, 2.75) is 79.5 Å². The number of terminal acetylenes is 1. The number of hydrogen-bond acceptors (Lipinski definition) is 4. The van der Waals surface area contributed by atoms with E-state index in [1.54, 1.807) is 32.9 Å². The van der Waals surface area contributed by atoms with Crippen molar-refractivity contribution in [2.24, 2.45) is 5.92 Å². The number of nitrogens with zero attached hydrogens (tertiary/aromatic N) is 1. The number of rotatable bonds is 8. The molecule has 3 amide bonds. The number of alkyl carbamates (subject to hydrolysis) is 1. The van der Waals surface area contributed by atoms with Gasteiger partial charge in [-0.2, -0.15) is 0 Å². The first kappa shape index (κ1) is 30.7. The van der Waals surface area contributed by atoms with E-state index in [4.69, 9.17) is 22.8 Å². The van der Waals surface area contributed by atoms with Gasteiger partial charge in [0.05, 0.1) is 10.7 Å². The lowest BCUT2D eigenvalue weighted by molar-refractivity contribution is -0.137. The molecule has 0 aromatic heterocycles. The topological polar surface area (TPSA) is 87.7 Å². The summed E-state index contributed by atoms with van der Waals surface area (Å²) < 4.78 is 5.38. The number of anilines is 1. The van der Waals surface area contributed by atoms with Crippen molar-refractivity contribution in [2.75, 3.05) is 5.32 Å². The molecule has 7 nitrogen and oxygen atoms in total. The maximum absolute atomic E-state index is 13.9. The molecule has 2 aromatic carbocycles. The van der Waals surface area contributed by atoms with Gasteiger partial charge in [-0.1, -0.05) is 73.3 Å². The number of aryl methyl sites for hydroxylation is 3. The van der Waals surface area contributed by atoms with E-state index in [1.807, 2.05) is 58.9 Å². The molecule has 204 valence electrons. The normalized spacial score (nSPS) is 12.8. The minimum absolute atomic E-state index is 0.0396. The second-order valence-electron chi connectivity index (χ2n) is 10.9. The summed E-state index contributed by atoms with van der Waals surface area (Å²) >= 11 is 6.37. The molecule has 0 fully saturated rings. The molecule has 0 saturated carbocycles. The van der Waals surface area contributed by atoms with Gasteiger partial charge in [0.25, 0.3) is 11.8 Å². The molecule has 2 atom stereocenters. The Bertz CT molecular complexity index is 1190. The van der Waals surface area contributed by atoms with Gasteiger partial charge < -0.3 is 15.4 Å². The molecule has 2 rings (SSSR count). The van der Waals surface area contributed by atoms with E-state index in [9.17, 15) is 14.4 Å². The molecule has 0 aliphatic heterocycles. The van der Waals surface area contributed by atoms with E-state index in [1.165, 1.54) is 0 Å². The minimum atomic E-state index is -1.18. The maximum atomic E-state index is 13.9. The molecule has 0 saturated heterocycles. The molecule has 0 spiro atoms. The highest BCUT2D eigenvalue weighted by Crippen LogP contribution is 2.30. The Morgan fingerprint density at radius 3 is 2.18 bits per heavy atom. The van der Waals surface area contributed by atoms with E-state index >= 15 is 0 Å². The second-order valence-corrected chi connectivity index (χ2v) is 11.3. The van der Waals surface area contributed by atoms with Gasteiger partial charge in [0, 0.05) is 6.04 Å². The first-order chi connectivity index (χ1) is 17.6. The Labute approximate surface area is 231 Å². The molecule has 2 aromatic rings. The monoisotopic (exact) mass is 539 g/mol. The summed E-state index contributed by atoms with van der Waals surface area (Å²) in [6.45, 7) is 14.7. The fourth-order valence-electron chi connectivity index (χ4n) is 4.14. The van der Waals surface area contributed by atoms with Crippen LogP contribution in [0.1, 0.15) is 69.3 Å². The Balaban J connectivity index is 2.55. The van der Waals surface area contributed by atoms with Crippen LogP contribution in [0.2, 0.25) is 5.02 Å². The molecule has 0 heterocycles. The molecule has 0 bridgehead atoms. The van der Waals surface area contributed by atoms with Gasteiger partial charge in [0.15, 0.2) is 0 Å². The third-order valence-corrected chi connectivity index (χ3v) is 5.92. The van der Waals surface area contributed by atoms with E-state index in [0.29, 0.717) is 22.7 Å². The highest BCUT2D eigenvalue weighted by atomic mass is 35.5. The molecule has 0 aliphatic carbocycles. The number of hydrogen-bond donors (Lipinski definition) is 2. The molecule has 0 radical (unpaired) electrons. The summed E-state index contributed by atoms with van der Waals surface area (Å²) in [5.74, 6) is -1.09. The zero-order chi connectivity index (χ0) is 28.8. The predicted octanol–water partition coefficient (Wildman–Crippen LogP) is 6.30. The first-order valence-electron chi connectivity index (χ1n) is 12.6. The predicted molar refractivity (Wildman–Crippen MR) is 152 cm³/mol. The Morgan fingerprint density at radius 1 is 1.08 bits per heavy atom. The van der Waals surface area contributed by atoms with Gasteiger partial charge in [-0.15, -0.1) is 0 Å². The van der Waals surface area contributed by atoms with Crippen LogP contribution in [0.15, 0.2) is 36.4 Å². The van der Waals surface area contributed by atoms with Gasteiger partial charge in [-0.05, 0) is 71.1 Å². The van der Waals surface area contributed by atoms with Crippen LogP contribution in [0.3, 0.4) is 0 Å². The average molecular weight is 540 g/mol. The lowest BCUT2D eigenvalue weighted by Crippen LogP contribution is -2.51. The minimum Gasteiger partial charge on any atom is -0.444 e. The van der Waals surface area contributed by atoms with Crippen molar-refractivity contribution in [1.82, 2.24) is 10.2 Å². The molecule has 0 aliphatic rings. The zero-order valence-corrected chi connectivity index (χ0v) is 24.2. The van der Waals surface area contributed by atoms with Crippen molar-refractivity contribution >= 4 is 35.2 Å². The molecule has 2 unspecified atom stereocenters. The van der Waals surface area contributed by atoms with Gasteiger partial charge in [-0.25, -0.2) is 4.79 Å². The van der Waals surface area contributed by atoms with Crippen LogP contribution in [0.5, 0.6) is 0 Å². The molecule has 38 heavy (non-hydrogen) atoms. The number of nitrogens with one attached hydrogen (secondary N) is 2. The Hall–Kier alpha value is -3.50. The highest BCUT2D eigenvalue weighted by molar-refractivity contribution is 6.34. The second kappa shape index (κ2) is 12.8. The first-order valence-corrected chi connectivity index (χ1v) is 12.9. The fourth-order valence-corrected chi connectivity index (χ4v) is 4.41. The van der Waals surface area contributed by atoms with Gasteiger partial charge in [0.1, 0.15) is 17.7 Å². The van der Waals surface area contributed by atoms with Gasteiger partial charge in [-0.3, -0.25) is 14.5 Å². The summed E-state index contributed by atoms with van der Waals surface area (Å²) in [5, 5.41) is 5.88. The lowest BCUT2D eigenvalue weighted by Gasteiger charge is -2.31. The van der Waals surface area contributed by atoms with Crippen molar-refractivity contribution in [3.05, 3.63) is 63.7 Å². The van der Waals surface area contributed by atoms with Crippen LogP contribution in [0.4, 0.5) is 10.5 Å². The summed E-state index contributed by atoms with van der Waals surface area (Å²) in [5.41, 5.74) is 2.78. The van der Waals surface area contributed by atoms with Crippen molar-refractivity contribution in [3.8, 4) is 12.5 Å². The summed E-state index contributed by atoms with van der Waals surface area (Å²) in [7, 11) is 0. The summed E-state index contributed by atoms with van der Waals surface area (Å²) in [6, 6.07) is 11.1. The van der Waals surface area contributed by atoms with Crippen molar-refractivity contribution in [3.63, 3.8) is 0 Å². The van der Waals surface area contributed by atoms with Crippen molar-refractivity contribution in [1.29, 1.82) is 0 Å². The Kier molecular flexibility index (Phi) is 10.4. The van der Waals surface area contributed by atoms with Crippen molar-refractivity contribution < 1.29 is 19.1 Å². The fraction of sp³-hybridized carbons (Fsp3) is 0.433. The van der Waals surface area contributed by atoms with Gasteiger partial charge in [0.2, 0.25) is 0 Å². The third kappa shape index (κ3) is 8.53. The van der Waals surface area contributed by atoms with Crippen LogP contribution >= 0.6 is 11.6 Å². The number of amides is 3. The highest BCUT2D eigenvalue weighted by Gasteiger charge is 2.36. The average Bonchev–Trinajstić information content (AvgIpc) is 2.76. The lowest BCUT2D eigenvalue weighted by atomic mass is 9.97. The molecule has 2 N–H and O–H groups in total.